The Kier molecular flexibility index (Phi) is 7.25. The summed E-state index contributed by atoms with van der Waals surface area (Å²) in [4.78, 5) is 28.1. The van der Waals surface area contributed by atoms with Crippen LogP contribution in [0, 0.1) is 0 Å². The second-order valence-electron chi connectivity index (χ2n) is 6.93. The minimum Gasteiger partial charge on any atom is -0.357 e. The van der Waals surface area contributed by atoms with Gasteiger partial charge in [0, 0.05) is 63.8 Å². The van der Waals surface area contributed by atoms with E-state index in [0.717, 1.165) is 82.0 Å². The Bertz CT molecular complexity index is 633. The molecule has 0 atom stereocenters. The van der Waals surface area contributed by atoms with E-state index in [2.05, 4.69) is 43.3 Å². The maximum absolute atomic E-state index is 12.4. The van der Waals surface area contributed by atoms with Crippen molar-refractivity contribution in [2.24, 2.45) is 4.99 Å². The summed E-state index contributed by atoms with van der Waals surface area (Å²) in [6.45, 7) is 10.4. The second kappa shape index (κ2) is 9.87. The summed E-state index contributed by atoms with van der Waals surface area (Å²) < 4.78 is 4.38. The molecule has 0 bridgehead atoms. The van der Waals surface area contributed by atoms with Gasteiger partial charge in [-0.25, -0.2) is 9.98 Å². The summed E-state index contributed by atoms with van der Waals surface area (Å²) in [7, 11) is 0. The van der Waals surface area contributed by atoms with E-state index in [1.807, 2.05) is 4.90 Å². The van der Waals surface area contributed by atoms with Crippen LogP contribution in [0.25, 0.3) is 0 Å². The third-order valence-corrected chi connectivity index (χ3v) is 5.85. The standard InChI is InChI=1S/C18H31N7OS/c1-3-15-21-18(27-22-15)25-12-10-24(11-13-25)17(19-4-2)20-14-16(26)23-8-6-5-7-9-23/h3-14H2,1-2H3,(H,19,20). The topological polar surface area (TPSA) is 77.0 Å². The monoisotopic (exact) mass is 393 g/mol. The first-order valence-electron chi connectivity index (χ1n) is 10.1. The molecule has 0 spiro atoms. The number of amides is 1. The Morgan fingerprint density at radius 3 is 2.44 bits per heavy atom. The maximum Gasteiger partial charge on any atom is 0.244 e. The molecule has 150 valence electrons. The van der Waals surface area contributed by atoms with Gasteiger partial charge in [-0.2, -0.15) is 4.37 Å². The first kappa shape index (κ1) is 19.9. The number of aryl methyl sites for hydroxylation is 1. The van der Waals surface area contributed by atoms with Gasteiger partial charge < -0.3 is 20.0 Å². The predicted octanol–water partition coefficient (Wildman–Crippen LogP) is 1.20. The molecule has 0 aromatic carbocycles. The van der Waals surface area contributed by atoms with Crippen molar-refractivity contribution >= 4 is 28.5 Å². The lowest BCUT2D eigenvalue weighted by atomic mass is 10.1. The fourth-order valence-electron chi connectivity index (χ4n) is 3.44. The van der Waals surface area contributed by atoms with E-state index in [9.17, 15) is 4.79 Å². The van der Waals surface area contributed by atoms with Gasteiger partial charge in [0.2, 0.25) is 11.0 Å². The van der Waals surface area contributed by atoms with Crippen LogP contribution in [0.1, 0.15) is 38.9 Å². The third kappa shape index (κ3) is 5.31. The number of carbonyl (C=O) groups excluding carboxylic acids is 1. The van der Waals surface area contributed by atoms with Crippen molar-refractivity contribution < 1.29 is 4.79 Å². The molecule has 1 aromatic rings. The predicted molar refractivity (Wildman–Crippen MR) is 109 cm³/mol. The first-order valence-corrected chi connectivity index (χ1v) is 10.9. The Labute approximate surface area is 165 Å². The molecule has 1 N–H and O–H groups in total. The van der Waals surface area contributed by atoms with Gasteiger partial charge in [-0.05, 0) is 26.2 Å². The highest BCUT2D eigenvalue weighted by molar-refractivity contribution is 7.09. The Hall–Kier alpha value is -1.90. The molecule has 0 aliphatic carbocycles. The van der Waals surface area contributed by atoms with Crippen LogP contribution in [-0.4, -0.2) is 83.4 Å². The van der Waals surface area contributed by atoms with E-state index in [1.54, 1.807) is 0 Å². The highest BCUT2D eigenvalue weighted by Crippen LogP contribution is 2.19. The molecular formula is C18H31N7OS. The van der Waals surface area contributed by atoms with Crippen molar-refractivity contribution in [3.63, 3.8) is 0 Å². The number of aromatic nitrogens is 2. The van der Waals surface area contributed by atoms with Crippen LogP contribution in [-0.2, 0) is 11.2 Å². The molecule has 2 saturated heterocycles. The number of anilines is 1. The van der Waals surface area contributed by atoms with Crippen LogP contribution in [0.3, 0.4) is 0 Å². The van der Waals surface area contributed by atoms with Crippen molar-refractivity contribution in [1.29, 1.82) is 0 Å². The lowest BCUT2D eigenvalue weighted by molar-refractivity contribution is -0.130. The second-order valence-corrected chi connectivity index (χ2v) is 7.66. The smallest absolute Gasteiger partial charge is 0.244 e. The van der Waals surface area contributed by atoms with Crippen LogP contribution in [0.4, 0.5) is 5.13 Å². The van der Waals surface area contributed by atoms with Gasteiger partial charge in [-0.15, -0.1) is 0 Å². The van der Waals surface area contributed by atoms with E-state index in [4.69, 9.17) is 0 Å². The zero-order valence-electron chi connectivity index (χ0n) is 16.5. The quantitative estimate of drug-likeness (QED) is 0.598. The van der Waals surface area contributed by atoms with Gasteiger partial charge >= 0.3 is 0 Å². The number of nitrogens with one attached hydrogen (secondary N) is 1. The van der Waals surface area contributed by atoms with Crippen LogP contribution in [0.5, 0.6) is 0 Å². The van der Waals surface area contributed by atoms with Crippen molar-refractivity contribution in [2.45, 2.75) is 39.5 Å². The first-order chi connectivity index (χ1) is 13.2. The molecule has 8 nitrogen and oxygen atoms in total. The summed E-state index contributed by atoms with van der Waals surface area (Å²) >= 11 is 1.48. The third-order valence-electron chi connectivity index (χ3n) is 5.03. The van der Waals surface area contributed by atoms with Gasteiger partial charge in [0.25, 0.3) is 0 Å². The summed E-state index contributed by atoms with van der Waals surface area (Å²) in [5.41, 5.74) is 0. The van der Waals surface area contributed by atoms with Crippen LogP contribution in [0.2, 0.25) is 0 Å². The van der Waals surface area contributed by atoms with Crippen molar-refractivity contribution in [3.05, 3.63) is 5.82 Å². The zero-order chi connectivity index (χ0) is 19.1. The highest BCUT2D eigenvalue weighted by Gasteiger charge is 2.23. The summed E-state index contributed by atoms with van der Waals surface area (Å²) in [5, 5.41) is 4.35. The van der Waals surface area contributed by atoms with Crippen molar-refractivity contribution in [2.75, 3.05) is 57.3 Å². The molecule has 3 rings (SSSR count). The Balaban J connectivity index is 1.54. The van der Waals surface area contributed by atoms with Crippen LogP contribution in [0.15, 0.2) is 4.99 Å². The number of carbonyl (C=O) groups is 1. The van der Waals surface area contributed by atoms with Crippen molar-refractivity contribution in [3.8, 4) is 0 Å². The van der Waals surface area contributed by atoms with Crippen LogP contribution >= 0.6 is 11.5 Å². The number of aliphatic imine (C=N–C) groups is 1. The van der Waals surface area contributed by atoms with Gasteiger partial charge in [0.15, 0.2) is 5.96 Å². The average Bonchev–Trinajstić information content (AvgIpc) is 3.21. The minimum absolute atomic E-state index is 0.143. The Morgan fingerprint density at radius 1 is 1.07 bits per heavy atom. The van der Waals surface area contributed by atoms with E-state index in [0.29, 0.717) is 0 Å². The van der Waals surface area contributed by atoms with E-state index >= 15 is 0 Å². The SMILES string of the molecule is CCNC(=NCC(=O)N1CCCCC1)N1CCN(c2nc(CC)ns2)CC1. The summed E-state index contributed by atoms with van der Waals surface area (Å²) in [6, 6.07) is 0. The van der Waals surface area contributed by atoms with Gasteiger partial charge in [0.05, 0.1) is 0 Å². The minimum atomic E-state index is 0.143. The lowest BCUT2D eigenvalue weighted by Crippen LogP contribution is -2.52. The number of likely N-dealkylation sites (tertiary alicyclic amines) is 1. The molecule has 1 aromatic heterocycles. The largest absolute Gasteiger partial charge is 0.357 e. The summed E-state index contributed by atoms with van der Waals surface area (Å²) in [5.74, 6) is 1.90. The number of hydrogen-bond acceptors (Lipinski definition) is 6. The molecule has 9 heteroatoms. The molecule has 0 unspecified atom stereocenters. The molecular weight excluding hydrogens is 362 g/mol. The molecule has 3 heterocycles. The maximum atomic E-state index is 12.4. The normalized spacial score (nSPS) is 18.7. The lowest BCUT2D eigenvalue weighted by Gasteiger charge is -2.36. The van der Waals surface area contributed by atoms with Crippen LogP contribution < -0.4 is 10.2 Å². The zero-order valence-corrected chi connectivity index (χ0v) is 17.3. The number of hydrogen-bond donors (Lipinski definition) is 1. The van der Waals surface area contributed by atoms with Gasteiger partial charge in [-0.3, -0.25) is 4.79 Å². The molecule has 27 heavy (non-hydrogen) atoms. The molecule has 0 radical (unpaired) electrons. The molecule has 1 amide bonds. The summed E-state index contributed by atoms with van der Waals surface area (Å²) in [6.07, 6.45) is 4.33. The van der Waals surface area contributed by atoms with Gasteiger partial charge in [-0.1, -0.05) is 6.92 Å². The number of rotatable bonds is 5. The fourth-order valence-corrected chi connectivity index (χ4v) is 4.24. The molecule has 2 aliphatic rings. The number of piperazine rings is 1. The molecule has 2 fully saturated rings. The highest BCUT2D eigenvalue weighted by atomic mass is 32.1. The van der Waals surface area contributed by atoms with Crippen molar-refractivity contribution in [1.82, 2.24) is 24.5 Å². The van der Waals surface area contributed by atoms with E-state index < -0.39 is 0 Å². The van der Waals surface area contributed by atoms with E-state index in [-0.39, 0.29) is 12.5 Å². The average molecular weight is 394 g/mol. The van der Waals surface area contributed by atoms with Gasteiger partial charge in [0.1, 0.15) is 12.4 Å². The van der Waals surface area contributed by atoms with E-state index in [1.165, 1.54) is 18.0 Å². The molecule has 0 saturated carbocycles. The number of nitrogens with zero attached hydrogens (tertiary/aromatic N) is 6. The molecule has 2 aliphatic heterocycles. The number of guanidine groups is 1. The fraction of sp³-hybridized carbons (Fsp3) is 0.778. The number of piperidine rings is 1. The Morgan fingerprint density at radius 2 is 1.81 bits per heavy atom.